The highest BCUT2D eigenvalue weighted by Gasteiger charge is 2.18. The zero-order chi connectivity index (χ0) is 17.4. The average Bonchev–Trinajstić information content (AvgIpc) is 2.55. The number of rotatable bonds is 7. The van der Waals surface area contributed by atoms with Crippen LogP contribution in [0.2, 0.25) is 0 Å². The quantitative estimate of drug-likeness (QED) is 0.820. The standard InChI is InChI=1S/C19H22N2O3/c1-15(12-18(22)23)20-19(24)21(13-16-8-4-2-5-9-16)14-17-10-6-3-7-11-17/h2-11,15H,12-14H2,1H3,(H,20,24)(H,22,23). The number of hydrogen-bond donors (Lipinski definition) is 2. The predicted octanol–water partition coefficient (Wildman–Crippen LogP) is 3.26. The smallest absolute Gasteiger partial charge is 0.318 e. The van der Waals surface area contributed by atoms with Crippen LogP contribution >= 0.6 is 0 Å². The molecule has 2 N–H and O–H groups in total. The Balaban J connectivity index is 2.09. The topological polar surface area (TPSA) is 69.6 Å². The Morgan fingerprint density at radius 2 is 1.42 bits per heavy atom. The van der Waals surface area contributed by atoms with Crippen LogP contribution in [0.25, 0.3) is 0 Å². The van der Waals surface area contributed by atoms with E-state index >= 15 is 0 Å². The monoisotopic (exact) mass is 326 g/mol. The molecule has 0 radical (unpaired) electrons. The first-order chi connectivity index (χ1) is 11.5. The Hall–Kier alpha value is -2.82. The molecule has 2 aromatic carbocycles. The van der Waals surface area contributed by atoms with Crippen LogP contribution in [0.4, 0.5) is 4.79 Å². The van der Waals surface area contributed by atoms with E-state index in [1.165, 1.54) is 0 Å². The molecule has 0 aliphatic carbocycles. The molecule has 0 aliphatic heterocycles. The summed E-state index contributed by atoms with van der Waals surface area (Å²) in [6.45, 7) is 2.61. The molecule has 0 heterocycles. The van der Waals surface area contributed by atoms with Gasteiger partial charge in [-0.15, -0.1) is 0 Å². The number of carbonyl (C=O) groups excluding carboxylic acids is 1. The molecule has 0 spiro atoms. The van der Waals surface area contributed by atoms with Crippen LogP contribution < -0.4 is 5.32 Å². The maximum atomic E-state index is 12.6. The first-order valence-electron chi connectivity index (χ1n) is 7.89. The van der Waals surface area contributed by atoms with Gasteiger partial charge in [-0.1, -0.05) is 60.7 Å². The normalized spacial score (nSPS) is 11.5. The second kappa shape index (κ2) is 8.72. The third kappa shape index (κ3) is 5.76. The van der Waals surface area contributed by atoms with Crippen molar-refractivity contribution in [3.05, 3.63) is 71.8 Å². The Morgan fingerprint density at radius 1 is 0.958 bits per heavy atom. The van der Waals surface area contributed by atoms with Gasteiger partial charge < -0.3 is 15.3 Å². The van der Waals surface area contributed by atoms with Crippen LogP contribution in [0.5, 0.6) is 0 Å². The SMILES string of the molecule is CC(CC(=O)O)NC(=O)N(Cc1ccccc1)Cc1ccccc1. The molecule has 24 heavy (non-hydrogen) atoms. The van der Waals surface area contributed by atoms with E-state index in [1.807, 2.05) is 60.7 Å². The van der Waals surface area contributed by atoms with Crippen molar-refractivity contribution in [1.29, 1.82) is 0 Å². The van der Waals surface area contributed by atoms with Gasteiger partial charge in [-0.05, 0) is 18.1 Å². The molecule has 5 nitrogen and oxygen atoms in total. The van der Waals surface area contributed by atoms with E-state index in [0.717, 1.165) is 11.1 Å². The summed E-state index contributed by atoms with van der Waals surface area (Å²) < 4.78 is 0. The van der Waals surface area contributed by atoms with E-state index in [1.54, 1.807) is 11.8 Å². The van der Waals surface area contributed by atoms with Gasteiger partial charge >= 0.3 is 12.0 Å². The van der Waals surface area contributed by atoms with Crippen molar-refractivity contribution in [1.82, 2.24) is 10.2 Å². The summed E-state index contributed by atoms with van der Waals surface area (Å²) >= 11 is 0. The fourth-order valence-corrected chi connectivity index (χ4v) is 2.42. The number of hydrogen-bond acceptors (Lipinski definition) is 2. The molecule has 1 atom stereocenters. The number of nitrogens with zero attached hydrogens (tertiary/aromatic N) is 1. The molecular weight excluding hydrogens is 304 g/mol. The van der Waals surface area contributed by atoms with Crippen molar-refractivity contribution in [2.75, 3.05) is 0 Å². The summed E-state index contributed by atoms with van der Waals surface area (Å²) in [6, 6.07) is 18.8. The van der Waals surface area contributed by atoms with Crippen LogP contribution in [0.15, 0.2) is 60.7 Å². The number of urea groups is 1. The van der Waals surface area contributed by atoms with E-state index in [9.17, 15) is 9.59 Å². The van der Waals surface area contributed by atoms with Gasteiger partial charge in [0.2, 0.25) is 0 Å². The van der Waals surface area contributed by atoms with Crippen LogP contribution in [0.1, 0.15) is 24.5 Å². The number of amides is 2. The second-order valence-electron chi connectivity index (χ2n) is 5.78. The van der Waals surface area contributed by atoms with Crippen molar-refractivity contribution in [3.63, 3.8) is 0 Å². The van der Waals surface area contributed by atoms with Gasteiger partial charge in [0.1, 0.15) is 0 Å². The minimum Gasteiger partial charge on any atom is -0.481 e. The Kier molecular flexibility index (Phi) is 6.37. The number of aliphatic carboxylic acids is 1. The zero-order valence-corrected chi connectivity index (χ0v) is 13.7. The lowest BCUT2D eigenvalue weighted by Crippen LogP contribution is -2.43. The zero-order valence-electron chi connectivity index (χ0n) is 13.7. The largest absolute Gasteiger partial charge is 0.481 e. The van der Waals surface area contributed by atoms with Gasteiger partial charge in [0.15, 0.2) is 0 Å². The van der Waals surface area contributed by atoms with E-state index in [2.05, 4.69) is 5.32 Å². The van der Waals surface area contributed by atoms with Gasteiger partial charge in [0.05, 0.1) is 6.42 Å². The van der Waals surface area contributed by atoms with Crippen molar-refractivity contribution in [2.24, 2.45) is 0 Å². The molecule has 126 valence electrons. The van der Waals surface area contributed by atoms with Crippen LogP contribution in [0, 0.1) is 0 Å². The van der Waals surface area contributed by atoms with Crippen LogP contribution in [0.3, 0.4) is 0 Å². The molecule has 0 saturated heterocycles. The maximum Gasteiger partial charge on any atom is 0.318 e. The average molecular weight is 326 g/mol. The van der Waals surface area contributed by atoms with Crippen molar-refractivity contribution in [3.8, 4) is 0 Å². The molecule has 2 rings (SSSR count). The van der Waals surface area contributed by atoms with Crippen molar-refractivity contribution < 1.29 is 14.7 Å². The highest BCUT2D eigenvalue weighted by molar-refractivity contribution is 5.76. The molecule has 0 fully saturated rings. The summed E-state index contributed by atoms with van der Waals surface area (Å²) in [5.74, 6) is -0.930. The third-order valence-electron chi connectivity index (χ3n) is 3.57. The van der Waals surface area contributed by atoms with E-state index in [-0.39, 0.29) is 12.5 Å². The van der Waals surface area contributed by atoms with Gasteiger partial charge in [-0.3, -0.25) is 4.79 Å². The van der Waals surface area contributed by atoms with E-state index < -0.39 is 12.0 Å². The molecule has 1 unspecified atom stereocenters. The number of carbonyl (C=O) groups is 2. The molecule has 5 heteroatoms. The van der Waals surface area contributed by atoms with Crippen LogP contribution in [-0.4, -0.2) is 28.0 Å². The molecule has 2 aromatic rings. The van der Waals surface area contributed by atoms with Crippen molar-refractivity contribution in [2.45, 2.75) is 32.5 Å². The number of nitrogens with one attached hydrogen (secondary N) is 1. The Labute approximate surface area is 141 Å². The van der Waals surface area contributed by atoms with Gasteiger partial charge in [-0.2, -0.15) is 0 Å². The fourth-order valence-electron chi connectivity index (χ4n) is 2.42. The van der Waals surface area contributed by atoms with Gasteiger partial charge in [0.25, 0.3) is 0 Å². The summed E-state index contributed by atoms with van der Waals surface area (Å²) in [6.07, 6.45) is -0.101. The summed E-state index contributed by atoms with van der Waals surface area (Å²) in [7, 11) is 0. The first-order valence-corrected chi connectivity index (χ1v) is 7.89. The lowest BCUT2D eigenvalue weighted by molar-refractivity contribution is -0.137. The molecular formula is C19H22N2O3. The van der Waals surface area contributed by atoms with E-state index in [0.29, 0.717) is 13.1 Å². The summed E-state index contributed by atoms with van der Waals surface area (Å²) in [5, 5.41) is 11.6. The van der Waals surface area contributed by atoms with Gasteiger partial charge in [-0.25, -0.2) is 4.79 Å². The maximum absolute atomic E-state index is 12.6. The highest BCUT2D eigenvalue weighted by Crippen LogP contribution is 2.11. The van der Waals surface area contributed by atoms with Gasteiger partial charge in [0, 0.05) is 19.1 Å². The number of carboxylic acid groups (broad SMARTS) is 1. The highest BCUT2D eigenvalue weighted by atomic mass is 16.4. The first kappa shape index (κ1) is 17.5. The van der Waals surface area contributed by atoms with Crippen molar-refractivity contribution >= 4 is 12.0 Å². The number of carboxylic acids is 1. The lowest BCUT2D eigenvalue weighted by Gasteiger charge is -2.25. The number of benzene rings is 2. The molecule has 2 amide bonds. The van der Waals surface area contributed by atoms with E-state index in [4.69, 9.17) is 5.11 Å². The Morgan fingerprint density at radius 3 is 1.83 bits per heavy atom. The molecule has 0 aromatic heterocycles. The molecule has 0 saturated carbocycles. The second-order valence-corrected chi connectivity index (χ2v) is 5.78. The molecule has 0 bridgehead atoms. The Bertz CT molecular complexity index is 617. The summed E-state index contributed by atoms with van der Waals surface area (Å²) in [5.41, 5.74) is 2.05. The minimum absolute atomic E-state index is 0.101. The minimum atomic E-state index is -0.930. The summed E-state index contributed by atoms with van der Waals surface area (Å²) in [4.78, 5) is 25.0. The van der Waals surface area contributed by atoms with Crippen LogP contribution in [-0.2, 0) is 17.9 Å². The lowest BCUT2D eigenvalue weighted by atomic mass is 10.1. The molecule has 0 aliphatic rings. The predicted molar refractivity (Wildman–Crippen MR) is 92.4 cm³/mol. The fraction of sp³-hybridized carbons (Fsp3) is 0.263. The third-order valence-corrected chi connectivity index (χ3v) is 3.57.